The highest BCUT2D eigenvalue weighted by Gasteiger charge is 2.11. The molecule has 2 heterocycles. The number of benzene rings is 1. The normalized spacial score (nSPS) is 10.8. The fourth-order valence-electron chi connectivity index (χ4n) is 2.12. The molecule has 0 saturated heterocycles. The summed E-state index contributed by atoms with van der Waals surface area (Å²) in [6.07, 6.45) is 2.49. The first-order valence-corrected chi connectivity index (χ1v) is 7.72. The predicted octanol–water partition coefficient (Wildman–Crippen LogP) is 5.01. The lowest BCUT2D eigenvalue weighted by molar-refractivity contribution is 0.617. The van der Waals surface area contributed by atoms with Crippen LogP contribution < -0.4 is 5.43 Å². The van der Waals surface area contributed by atoms with Crippen LogP contribution in [0.3, 0.4) is 0 Å². The lowest BCUT2D eigenvalue weighted by Crippen LogP contribution is -2.01. The van der Waals surface area contributed by atoms with E-state index in [9.17, 15) is 4.79 Å². The highest BCUT2D eigenvalue weighted by atomic mass is 79.9. The summed E-state index contributed by atoms with van der Waals surface area (Å²) in [5, 5.41) is 0.615. The van der Waals surface area contributed by atoms with Crippen LogP contribution in [0.2, 0.25) is 0 Å². The van der Waals surface area contributed by atoms with Crippen LogP contribution in [0.15, 0.2) is 62.1 Å². The third-order valence-electron chi connectivity index (χ3n) is 3.02. The molecule has 20 heavy (non-hydrogen) atoms. The van der Waals surface area contributed by atoms with Crippen molar-refractivity contribution in [2.45, 2.75) is 6.42 Å². The summed E-state index contributed by atoms with van der Waals surface area (Å²) in [5.74, 6) is 0.606. The van der Waals surface area contributed by atoms with Gasteiger partial charge in [-0.05, 0) is 46.1 Å². The first-order chi connectivity index (χ1) is 9.69. The van der Waals surface area contributed by atoms with E-state index in [1.807, 2.05) is 30.3 Å². The maximum Gasteiger partial charge on any atom is 0.193 e. The number of rotatable bonds is 3. The molecule has 4 heteroatoms. The van der Waals surface area contributed by atoms with E-state index in [2.05, 4.69) is 22.5 Å². The van der Waals surface area contributed by atoms with Crippen LogP contribution in [0.5, 0.6) is 0 Å². The van der Waals surface area contributed by atoms with Crippen LogP contribution in [0.1, 0.15) is 5.56 Å². The Bertz CT molecular complexity index is 845. The van der Waals surface area contributed by atoms with Gasteiger partial charge in [-0.15, -0.1) is 17.9 Å². The Kier molecular flexibility index (Phi) is 3.59. The lowest BCUT2D eigenvalue weighted by atomic mass is 10.1. The molecule has 0 aliphatic heterocycles. The minimum absolute atomic E-state index is 0.0170. The fraction of sp³-hybridized carbons (Fsp3) is 0.0625. The van der Waals surface area contributed by atoms with E-state index >= 15 is 0 Å². The van der Waals surface area contributed by atoms with E-state index in [0.717, 1.165) is 14.2 Å². The standard InChI is InChI=1S/C16H11BrO2S/c1-2-4-10-5-3-6-11-12(18)9-13(19-16(10)11)14-7-8-15(17)20-14/h2-3,5-9H,1,4H2. The molecule has 100 valence electrons. The van der Waals surface area contributed by atoms with Crippen LogP contribution in [0.4, 0.5) is 0 Å². The second kappa shape index (κ2) is 5.38. The second-order valence-electron chi connectivity index (χ2n) is 4.37. The highest BCUT2D eigenvalue weighted by molar-refractivity contribution is 9.11. The Morgan fingerprint density at radius 3 is 2.85 bits per heavy atom. The largest absolute Gasteiger partial charge is 0.455 e. The van der Waals surface area contributed by atoms with Gasteiger partial charge in [-0.1, -0.05) is 18.2 Å². The van der Waals surface area contributed by atoms with Gasteiger partial charge >= 0.3 is 0 Å². The molecule has 2 nitrogen and oxygen atoms in total. The van der Waals surface area contributed by atoms with Gasteiger partial charge in [0, 0.05) is 6.07 Å². The predicted molar refractivity (Wildman–Crippen MR) is 87.4 cm³/mol. The molecule has 0 amide bonds. The molecule has 1 aromatic carbocycles. The Labute approximate surface area is 128 Å². The summed E-state index contributed by atoms with van der Waals surface area (Å²) in [6, 6.07) is 11.1. The molecule has 0 fully saturated rings. The number of halogens is 1. The molecule has 2 aromatic heterocycles. The van der Waals surface area contributed by atoms with Gasteiger partial charge < -0.3 is 4.42 Å². The molecule has 0 atom stereocenters. The van der Waals surface area contributed by atoms with Crippen LogP contribution in [0.25, 0.3) is 21.6 Å². The summed E-state index contributed by atoms with van der Waals surface area (Å²) in [7, 11) is 0. The Balaban J connectivity index is 2.29. The molecular weight excluding hydrogens is 336 g/mol. The number of para-hydroxylation sites is 1. The highest BCUT2D eigenvalue weighted by Crippen LogP contribution is 2.32. The molecule has 0 spiro atoms. The summed E-state index contributed by atoms with van der Waals surface area (Å²) >= 11 is 4.96. The molecule has 0 radical (unpaired) electrons. The summed E-state index contributed by atoms with van der Waals surface area (Å²) in [5.41, 5.74) is 1.61. The molecule has 0 unspecified atom stereocenters. The number of fused-ring (bicyclic) bond motifs is 1. The van der Waals surface area contributed by atoms with Gasteiger partial charge in [-0.3, -0.25) is 4.79 Å². The average molecular weight is 347 g/mol. The molecule has 0 bridgehead atoms. The second-order valence-corrected chi connectivity index (χ2v) is 6.83. The number of hydrogen-bond acceptors (Lipinski definition) is 3. The smallest absolute Gasteiger partial charge is 0.193 e. The van der Waals surface area contributed by atoms with Gasteiger partial charge in [-0.2, -0.15) is 0 Å². The van der Waals surface area contributed by atoms with Crippen molar-refractivity contribution in [3.05, 3.63) is 68.6 Å². The van der Waals surface area contributed by atoms with E-state index in [0.29, 0.717) is 23.2 Å². The molecule has 0 aliphatic carbocycles. The quantitative estimate of drug-likeness (QED) is 0.623. The lowest BCUT2D eigenvalue weighted by Gasteiger charge is -2.05. The zero-order valence-corrected chi connectivity index (χ0v) is 13.0. The molecule has 0 aliphatic rings. The van der Waals surface area contributed by atoms with Crippen molar-refractivity contribution in [1.29, 1.82) is 0 Å². The van der Waals surface area contributed by atoms with E-state index in [-0.39, 0.29) is 5.43 Å². The number of hydrogen-bond donors (Lipinski definition) is 0. The van der Waals surface area contributed by atoms with Gasteiger partial charge in [0.25, 0.3) is 0 Å². The van der Waals surface area contributed by atoms with Crippen molar-refractivity contribution in [2.75, 3.05) is 0 Å². The van der Waals surface area contributed by atoms with Gasteiger partial charge in [0.2, 0.25) is 0 Å². The first-order valence-electron chi connectivity index (χ1n) is 6.11. The topological polar surface area (TPSA) is 30.2 Å². The summed E-state index contributed by atoms with van der Waals surface area (Å²) in [6.45, 7) is 3.75. The minimum Gasteiger partial charge on any atom is -0.455 e. The third-order valence-corrected chi connectivity index (χ3v) is 4.65. The van der Waals surface area contributed by atoms with Crippen LogP contribution in [-0.2, 0) is 6.42 Å². The van der Waals surface area contributed by atoms with E-state index < -0.39 is 0 Å². The van der Waals surface area contributed by atoms with E-state index in [1.54, 1.807) is 23.5 Å². The van der Waals surface area contributed by atoms with Gasteiger partial charge in [-0.25, -0.2) is 0 Å². The Morgan fingerprint density at radius 2 is 2.15 bits per heavy atom. The van der Waals surface area contributed by atoms with Crippen LogP contribution in [0, 0.1) is 0 Å². The number of allylic oxidation sites excluding steroid dienone is 1. The summed E-state index contributed by atoms with van der Waals surface area (Å²) < 4.78 is 6.98. The van der Waals surface area contributed by atoms with Crippen molar-refractivity contribution in [3.63, 3.8) is 0 Å². The van der Waals surface area contributed by atoms with Gasteiger partial charge in [0.15, 0.2) is 5.43 Å². The average Bonchev–Trinajstić information content (AvgIpc) is 2.86. The molecule has 3 aromatic rings. The van der Waals surface area contributed by atoms with Crippen molar-refractivity contribution in [2.24, 2.45) is 0 Å². The van der Waals surface area contributed by atoms with E-state index in [4.69, 9.17) is 4.42 Å². The maximum absolute atomic E-state index is 12.2. The monoisotopic (exact) mass is 346 g/mol. The maximum atomic E-state index is 12.2. The van der Waals surface area contributed by atoms with Crippen molar-refractivity contribution in [1.82, 2.24) is 0 Å². The van der Waals surface area contributed by atoms with Crippen molar-refractivity contribution in [3.8, 4) is 10.6 Å². The Morgan fingerprint density at radius 1 is 1.30 bits per heavy atom. The summed E-state index contributed by atoms with van der Waals surface area (Å²) in [4.78, 5) is 13.2. The SMILES string of the molecule is C=CCc1cccc2c(=O)cc(-c3ccc(Br)s3)oc12. The van der Waals surface area contributed by atoms with Crippen LogP contribution in [-0.4, -0.2) is 0 Å². The number of thiophene rings is 1. The third kappa shape index (κ3) is 2.37. The zero-order chi connectivity index (χ0) is 14.1. The first kappa shape index (κ1) is 13.3. The molecule has 0 saturated carbocycles. The zero-order valence-electron chi connectivity index (χ0n) is 10.6. The van der Waals surface area contributed by atoms with Gasteiger partial charge in [0.05, 0.1) is 14.0 Å². The Hall–Kier alpha value is -1.65. The van der Waals surface area contributed by atoms with Crippen molar-refractivity contribution < 1.29 is 4.42 Å². The molecule has 0 N–H and O–H groups in total. The van der Waals surface area contributed by atoms with Gasteiger partial charge in [0.1, 0.15) is 11.3 Å². The minimum atomic E-state index is -0.0170. The molecular formula is C16H11BrO2S. The van der Waals surface area contributed by atoms with Crippen LogP contribution >= 0.6 is 27.3 Å². The van der Waals surface area contributed by atoms with Crippen molar-refractivity contribution >= 4 is 38.2 Å². The van der Waals surface area contributed by atoms with E-state index in [1.165, 1.54) is 0 Å². The molecule has 3 rings (SSSR count). The fourth-order valence-corrected chi connectivity index (χ4v) is 3.46.